The lowest BCUT2D eigenvalue weighted by atomic mass is 10.2. The SMILES string of the molecule is COc1cccc(-n2c(CN)nnc2SC[C@H]2CCOC2)c1. The quantitative estimate of drug-likeness (QED) is 0.819. The van der Waals surface area contributed by atoms with Gasteiger partial charge in [0.1, 0.15) is 5.75 Å². The summed E-state index contributed by atoms with van der Waals surface area (Å²) in [5.74, 6) is 3.11. The summed E-state index contributed by atoms with van der Waals surface area (Å²) >= 11 is 1.70. The molecule has 1 atom stereocenters. The Kier molecular flexibility index (Phi) is 4.97. The number of hydrogen-bond acceptors (Lipinski definition) is 6. The third-order valence-electron chi connectivity index (χ3n) is 3.67. The van der Waals surface area contributed by atoms with Gasteiger partial charge in [0.15, 0.2) is 11.0 Å². The molecule has 0 spiro atoms. The molecule has 2 aromatic rings. The van der Waals surface area contributed by atoms with Crippen molar-refractivity contribution in [2.45, 2.75) is 18.1 Å². The summed E-state index contributed by atoms with van der Waals surface area (Å²) in [6, 6.07) is 7.84. The van der Waals surface area contributed by atoms with Crippen LogP contribution in [0.4, 0.5) is 0 Å². The van der Waals surface area contributed by atoms with Gasteiger partial charge in [-0.1, -0.05) is 17.8 Å². The van der Waals surface area contributed by atoms with Gasteiger partial charge in [0.2, 0.25) is 0 Å². The molecule has 7 heteroatoms. The van der Waals surface area contributed by atoms with Crippen LogP contribution in [-0.2, 0) is 11.3 Å². The average Bonchev–Trinajstić information content (AvgIpc) is 3.22. The number of rotatable bonds is 6. The molecule has 1 aliphatic heterocycles. The summed E-state index contributed by atoms with van der Waals surface area (Å²) in [6.45, 7) is 2.04. The summed E-state index contributed by atoms with van der Waals surface area (Å²) in [5, 5.41) is 9.36. The van der Waals surface area contributed by atoms with Gasteiger partial charge in [0.05, 0.1) is 25.9 Å². The van der Waals surface area contributed by atoms with E-state index in [1.807, 2.05) is 28.8 Å². The fourth-order valence-corrected chi connectivity index (χ4v) is 3.53. The number of hydrogen-bond donors (Lipinski definition) is 1. The van der Waals surface area contributed by atoms with E-state index in [4.69, 9.17) is 15.2 Å². The molecule has 1 aromatic carbocycles. The standard InChI is InChI=1S/C15H20N4O2S/c1-20-13-4-2-3-12(7-13)19-14(8-16)17-18-15(19)22-10-11-5-6-21-9-11/h2-4,7,11H,5-6,8-10,16H2,1H3/t11-/m0/s1. The number of thioether (sulfide) groups is 1. The second-order valence-corrected chi connectivity index (χ2v) is 6.17. The third kappa shape index (κ3) is 3.26. The van der Waals surface area contributed by atoms with Crippen LogP contribution in [0.25, 0.3) is 5.69 Å². The van der Waals surface area contributed by atoms with Crippen LogP contribution in [0, 0.1) is 5.92 Å². The van der Waals surface area contributed by atoms with Crippen molar-refractivity contribution in [2.75, 3.05) is 26.1 Å². The summed E-state index contributed by atoms with van der Waals surface area (Å²) < 4.78 is 12.7. The lowest BCUT2D eigenvalue weighted by molar-refractivity contribution is 0.189. The van der Waals surface area contributed by atoms with E-state index in [0.29, 0.717) is 12.5 Å². The van der Waals surface area contributed by atoms with E-state index in [9.17, 15) is 0 Å². The van der Waals surface area contributed by atoms with E-state index in [0.717, 1.165) is 47.8 Å². The summed E-state index contributed by atoms with van der Waals surface area (Å²) in [4.78, 5) is 0. The zero-order chi connectivity index (χ0) is 15.4. The zero-order valence-corrected chi connectivity index (χ0v) is 13.4. The molecule has 3 rings (SSSR count). The van der Waals surface area contributed by atoms with E-state index in [2.05, 4.69) is 10.2 Å². The Morgan fingerprint density at radius 3 is 3.09 bits per heavy atom. The van der Waals surface area contributed by atoms with Gasteiger partial charge in [-0.05, 0) is 24.5 Å². The van der Waals surface area contributed by atoms with Gasteiger partial charge in [-0.2, -0.15) is 0 Å². The summed E-state index contributed by atoms with van der Waals surface area (Å²) in [5.41, 5.74) is 6.77. The Labute approximate surface area is 134 Å². The molecule has 0 aliphatic carbocycles. The highest BCUT2D eigenvalue weighted by Gasteiger charge is 2.19. The van der Waals surface area contributed by atoms with Gasteiger partial charge in [-0.15, -0.1) is 10.2 Å². The van der Waals surface area contributed by atoms with Crippen LogP contribution in [0.3, 0.4) is 0 Å². The molecule has 22 heavy (non-hydrogen) atoms. The maximum atomic E-state index is 5.81. The first kappa shape index (κ1) is 15.3. The molecule has 1 aromatic heterocycles. The van der Waals surface area contributed by atoms with Crippen LogP contribution in [0.5, 0.6) is 5.75 Å². The minimum absolute atomic E-state index is 0.345. The molecular formula is C15H20N4O2S. The van der Waals surface area contributed by atoms with Gasteiger partial charge < -0.3 is 15.2 Å². The van der Waals surface area contributed by atoms with E-state index in [-0.39, 0.29) is 0 Å². The molecular weight excluding hydrogens is 300 g/mol. The second-order valence-electron chi connectivity index (χ2n) is 5.18. The first-order chi connectivity index (χ1) is 10.8. The molecule has 1 fully saturated rings. The Morgan fingerprint density at radius 1 is 1.45 bits per heavy atom. The number of nitrogens with zero attached hydrogens (tertiary/aromatic N) is 3. The maximum Gasteiger partial charge on any atom is 0.195 e. The maximum absolute atomic E-state index is 5.81. The van der Waals surface area contributed by atoms with Gasteiger partial charge in [0, 0.05) is 18.4 Å². The van der Waals surface area contributed by atoms with Crippen molar-refractivity contribution < 1.29 is 9.47 Å². The predicted molar refractivity (Wildman–Crippen MR) is 85.5 cm³/mol. The first-order valence-electron chi connectivity index (χ1n) is 7.31. The van der Waals surface area contributed by atoms with Crippen molar-refractivity contribution in [2.24, 2.45) is 11.7 Å². The molecule has 118 valence electrons. The lowest BCUT2D eigenvalue weighted by Crippen LogP contribution is -2.09. The van der Waals surface area contributed by atoms with Crippen LogP contribution in [0.2, 0.25) is 0 Å². The molecule has 2 heterocycles. The number of methoxy groups -OCH3 is 1. The Balaban J connectivity index is 1.85. The highest BCUT2D eigenvalue weighted by Crippen LogP contribution is 2.27. The molecule has 6 nitrogen and oxygen atoms in total. The summed E-state index contributed by atoms with van der Waals surface area (Å²) in [7, 11) is 1.66. The second kappa shape index (κ2) is 7.13. The van der Waals surface area contributed by atoms with Crippen molar-refractivity contribution in [3.8, 4) is 11.4 Å². The van der Waals surface area contributed by atoms with Crippen molar-refractivity contribution in [1.29, 1.82) is 0 Å². The van der Waals surface area contributed by atoms with Crippen molar-refractivity contribution in [1.82, 2.24) is 14.8 Å². The normalized spacial score (nSPS) is 17.8. The van der Waals surface area contributed by atoms with E-state index >= 15 is 0 Å². The Morgan fingerprint density at radius 2 is 2.36 bits per heavy atom. The minimum atomic E-state index is 0.345. The first-order valence-corrected chi connectivity index (χ1v) is 8.29. The number of nitrogens with two attached hydrogens (primary N) is 1. The summed E-state index contributed by atoms with van der Waals surface area (Å²) in [6.07, 6.45) is 1.12. The number of ether oxygens (including phenoxy) is 2. The monoisotopic (exact) mass is 320 g/mol. The molecule has 0 unspecified atom stereocenters. The average molecular weight is 320 g/mol. The fourth-order valence-electron chi connectivity index (χ4n) is 2.44. The molecule has 1 saturated heterocycles. The molecule has 0 bridgehead atoms. The van der Waals surface area contributed by atoms with Crippen LogP contribution in [0.15, 0.2) is 29.4 Å². The fraction of sp³-hybridized carbons (Fsp3) is 0.467. The minimum Gasteiger partial charge on any atom is -0.497 e. The van der Waals surface area contributed by atoms with Gasteiger partial charge >= 0.3 is 0 Å². The zero-order valence-electron chi connectivity index (χ0n) is 12.6. The van der Waals surface area contributed by atoms with Crippen molar-refractivity contribution >= 4 is 11.8 Å². The smallest absolute Gasteiger partial charge is 0.195 e. The highest BCUT2D eigenvalue weighted by atomic mass is 32.2. The van der Waals surface area contributed by atoms with Gasteiger partial charge in [0.25, 0.3) is 0 Å². The number of benzene rings is 1. The lowest BCUT2D eigenvalue weighted by Gasteiger charge is -2.11. The molecule has 0 radical (unpaired) electrons. The third-order valence-corrected chi connectivity index (χ3v) is 4.83. The van der Waals surface area contributed by atoms with Crippen LogP contribution >= 0.6 is 11.8 Å². The Bertz CT molecular complexity index is 626. The van der Waals surface area contributed by atoms with Crippen LogP contribution < -0.4 is 10.5 Å². The van der Waals surface area contributed by atoms with Crippen molar-refractivity contribution in [3.05, 3.63) is 30.1 Å². The van der Waals surface area contributed by atoms with Crippen LogP contribution in [-0.4, -0.2) is 40.8 Å². The van der Waals surface area contributed by atoms with Crippen LogP contribution in [0.1, 0.15) is 12.2 Å². The predicted octanol–water partition coefficient (Wildman–Crippen LogP) is 1.86. The largest absolute Gasteiger partial charge is 0.497 e. The topological polar surface area (TPSA) is 75.2 Å². The number of aromatic nitrogens is 3. The van der Waals surface area contributed by atoms with E-state index in [1.165, 1.54) is 0 Å². The van der Waals surface area contributed by atoms with E-state index in [1.54, 1.807) is 18.9 Å². The van der Waals surface area contributed by atoms with Gasteiger partial charge in [-0.3, -0.25) is 4.57 Å². The van der Waals surface area contributed by atoms with Crippen molar-refractivity contribution in [3.63, 3.8) is 0 Å². The van der Waals surface area contributed by atoms with Gasteiger partial charge in [-0.25, -0.2) is 0 Å². The van der Waals surface area contributed by atoms with E-state index < -0.39 is 0 Å². The molecule has 0 amide bonds. The highest BCUT2D eigenvalue weighted by molar-refractivity contribution is 7.99. The molecule has 2 N–H and O–H groups in total. The molecule has 0 saturated carbocycles. The molecule has 1 aliphatic rings. The Hall–Kier alpha value is -1.57.